The molecule has 2 heterocycles. The Kier molecular flexibility index (Phi) is 5.24. The van der Waals surface area contributed by atoms with Crippen LogP contribution < -0.4 is 0 Å². The first-order valence-corrected chi connectivity index (χ1v) is 11.4. The lowest BCUT2D eigenvalue weighted by molar-refractivity contribution is 0.319. The summed E-state index contributed by atoms with van der Waals surface area (Å²) in [7, 11) is 0. The second-order valence-corrected chi connectivity index (χ2v) is 8.30. The Bertz CT molecular complexity index is 1590. The standard InChI is InChI=1S/C31H21N3O/c35-34-31(27-15-7-5-13-25(27)29-23-11-3-1-9-21(23)17-19-32-29)28-16-8-6-14-26(28)30-24-12-4-2-10-22(24)18-20-33-30/h1-20,35H. The van der Waals surface area contributed by atoms with Gasteiger partial charge in [-0.3, -0.25) is 9.97 Å². The molecule has 6 rings (SSSR count). The molecule has 0 aliphatic rings. The van der Waals surface area contributed by atoms with E-state index in [1.54, 1.807) is 0 Å². The number of benzene rings is 4. The van der Waals surface area contributed by atoms with E-state index in [4.69, 9.17) is 9.97 Å². The van der Waals surface area contributed by atoms with Gasteiger partial charge in [-0.2, -0.15) is 0 Å². The molecule has 1 N–H and O–H groups in total. The zero-order valence-corrected chi connectivity index (χ0v) is 18.8. The molecule has 35 heavy (non-hydrogen) atoms. The molecule has 0 atom stereocenters. The number of pyridine rings is 2. The van der Waals surface area contributed by atoms with Crippen LogP contribution in [0, 0.1) is 0 Å². The van der Waals surface area contributed by atoms with Gasteiger partial charge in [0.05, 0.1) is 11.4 Å². The molecule has 0 amide bonds. The van der Waals surface area contributed by atoms with Gasteiger partial charge in [0.25, 0.3) is 0 Å². The van der Waals surface area contributed by atoms with Crippen molar-refractivity contribution in [3.63, 3.8) is 0 Å². The van der Waals surface area contributed by atoms with E-state index in [1.807, 2.05) is 97.3 Å². The smallest absolute Gasteiger partial charge is 0.118 e. The Labute approximate surface area is 202 Å². The number of oxime groups is 1. The van der Waals surface area contributed by atoms with Crippen LogP contribution in [0.15, 0.2) is 127 Å². The fraction of sp³-hybridized carbons (Fsp3) is 0. The molecule has 2 aromatic heterocycles. The van der Waals surface area contributed by atoms with Crippen molar-refractivity contribution in [2.24, 2.45) is 5.16 Å². The van der Waals surface area contributed by atoms with Crippen molar-refractivity contribution in [3.05, 3.63) is 133 Å². The van der Waals surface area contributed by atoms with Gasteiger partial charge in [-0.05, 0) is 22.9 Å². The fourth-order valence-electron chi connectivity index (χ4n) is 4.71. The Morgan fingerprint density at radius 2 is 0.943 bits per heavy atom. The minimum absolute atomic E-state index is 0.473. The van der Waals surface area contributed by atoms with Crippen molar-refractivity contribution in [2.45, 2.75) is 0 Å². The zero-order valence-electron chi connectivity index (χ0n) is 18.8. The second-order valence-electron chi connectivity index (χ2n) is 8.30. The van der Waals surface area contributed by atoms with Gasteiger partial charge in [0.1, 0.15) is 5.71 Å². The number of nitrogens with zero attached hydrogens (tertiary/aromatic N) is 3. The molecule has 0 fully saturated rings. The molecular formula is C31H21N3O. The molecule has 4 nitrogen and oxygen atoms in total. The van der Waals surface area contributed by atoms with Crippen molar-refractivity contribution in [1.82, 2.24) is 9.97 Å². The Morgan fingerprint density at radius 1 is 0.514 bits per heavy atom. The third-order valence-electron chi connectivity index (χ3n) is 6.32. The highest BCUT2D eigenvalue weighted by Gasteiger charge is 2.20. The van der Waals surface area contributed by atoms with E-state index in [-0.39, 0.29) is 0 Å². The molecular weight excluding hydrogens is 430 g/mol. The molecule has 0 aliphatic heterocycles. The van der Waals surface area contributed by atoms with Gasteiger partial charge in [-0.15, -0.1) is 0 Å². The van der Waals surface area contributed by atoms with Crippen LogP contribution in [0.25, 0.3) is 44.1 Å². The summed E-state index contributed by atoms with van der Waals surface area (Å²) in [5.74, 6) is 0. The molecule has 4 heteroatoms. The second kappa shape index (κ2) is 8.84. The van der Waals surface area contributed by atoms with Gasteiger partial charge in [0.15, 0.2) is 0 Å². The first kappa shape index (κ1) is 20.8. The number of rotatable bonds is 4. The van der Waals surface area contributed by atoms with Crippen LogP contribution >= 0.6 is 0 Å². The molecule has 166 valence electrons. The number of fused-ring (bicyclic) bond motifs is 2. The van der Waals surface area contributed by atoms with Crippen LogP contribution in [0.2, 0.25) is 0 Å². The first-order valence-electron chi connectivity index (χ1n) is 11.4. The molecule has 4 aromatic carbocycles. The average Bonchev–Trinajstić information content (AvgIpc) is 2.93. The molecule has 0 saturated heterocycles. The highest BCUT2D eigenvalue weighted by Crippen LogP contribution is 2.34. The SMILES string of the molecule is ON=C(c1ccccc1-c1nccc2ccccc12)c1ccccc1-c1nccc2ccccc12. The van der Waals surface area contributed by atoms with Crippen LogP contribution in [0.4, 0.5) is 0 Å². The summed E-state index contributed by atoms with van der Waals surface area (Å²) in [6.07, 6.45) is 3.64. The maximum absolute atomic E-state index is 10.3. The lowest BCUT2D eigenvalue weighted by Gasteiger charge is -2.16. The topological polar surface area (TPSA) is 58.4 Å². The zero-order chi connectivity index (χ0) is 23.6. The summed E-state index contributed by atoms with van der Waals surface area (Å²) in [5.41, 5.74) is 5.57. The first-order chi connectivity index (χ1) is 17.3. The van der Waals surface area contributed by atoms with E-state index in [9.17, 15) is 5.21 Å². The highest BCUT2D eigenvalue weighted by atomic mass is 16.4. The van der Waals surface area contributed by atoms with Gasteiger partial charge >= 0.3 is 0 Å². The summed E-state index contributed by atoms with van der Waals surface area (Å²) in [5, 5.41) is 18.5. The largest absolute Gasteiger partial charge is 0.410 e. The van der Waals surface area contributed by atoms with E-state index in [1.165, 1.54) is 0 Å². The highest BCUT2D eigenvalue weighted by molar-refractivity contribution is 6.20. The van der Waals surface area contributed by atoms with Crippen molar-refractivity contribution >= 4 is 27.3 Å². The quantitative estimate of drug-likeness (QED) is 0.173. The fourth-order valence-corrected chi connectivity index (χ4v) is 4.71. The van der Waals surface area contributed by atoms with Crippen molar-refractivity contribution < 1.29 is 5.21 Å². The minimum atomic E-state index is 0.473. The lowest BCUT2D eigenvalue weighted by atomic mass is 9.90. The lowest BCUT2D eigenvalue weighted by Crippen LogP contribution is -2.08. The van der Waals surface area contributed by atoms with Crippen molar-refractivity contribution in [3.8, 4) is 22.5 Å². The molecule has 0 bridgehead atoms. The Balaban J connectivity index is 1.58. The van der Waals surface area contributed by atoms with Crippen LogP contribution in [-0.2, 0) is 0 Å². The van der Waals surface area contributed by atoms with E-state index in [0.29, 0.717) is 5.71 Å². The average molecular weight is 452 g/mol. The predicted molar refractivity (Wildman–Crippen MR) is 142 cm³/mol. The number of aromatic nitrogens is 2. The van der Waals surface area contributed by atoms with Gasteiger partial charge in [0.2, 0.25) is 0 Å². The third-order valence-corrected chi connectivity index (χ3v) is 6.32. The van der Waals surface area contributed by atoms with Gasteiger partial charge in [0, 0.05) is 45.4 Å². The molecule has 0 spiro atoms. The minimum Gasteiger partial charge on any atom is -0.410 e. The number of hydrogen-bond acceptors (Lipinski definition) is 4. The van der Waals surface area contributed by atoms with Crippen LogP contribution in [0.1, 0.15) is 11.1 Å². The van der Waals surface area contributed by atoms with E-state index >= 15 is 0 Å². The van der Waals surface area contributed by atoms with Crippen LogP contribution in [-0.4, -0.2) is 20.9 Å². The van der Waals surface area contributed by atoms with Gasteiger partial charge < -0.3 is 5.21 Å². The Hall–Kier alpha value is -4.83. The van der Waals surface area contributed by atoms with E-state index in [0.717, 1.165) is 55.2 Å². The predicted octanol–water partition coefficient (Wildman–Crippen LogP) is 7.34. The molecule has 0 aliphatic carbocycles. The third kappa shape index (κ3) is 3.62. The normalized spacial score (nSPS) is 11.0. The van der Waals surface area contributed by atoms with Crippen LogP contribution in [0.3, 0.4) is 0 Å². The molecule has 6 aromatic rings. The van der Waals surface area contributed by atoms with Crippen molar-refractivity contribution in [2.75, 3.05) is 0 Å². The summed E-state index contributed by atoms with van der Waals surface area (Å²) in [6.45, 7) is 0. The van der Waals surface area contributed by atoms with Crippen molar-refractivity contribution in [1.29, 1.82) is 0 Å². The van der Waals surface area contributed by atoms with E-state index < -0.39 is 0 Å². The molecule has 0 saturated carbocycles. The number of hydrogen-bond donors (Lipinski definition) is 1. The monoisotopic (exact) mass is 451 g/mol. The summed E-state index contributed by atoms with van der Waals surface area (Å²) >= 11 is 0. The Morgan fingerprint density at radius 3 is 1.43 bits per heavy atom. The maximum atomic E-state index is 10.3. The van der Waals surface area contributed by atoms with Gasteiger partial charge in [-0.1, -0.05) is 102 Å². The molecule has 0 unspecified atom stereocenters. The summed E-state index contributed by atoms with van der Waals surface area (Å²) in [6, 6.07) is 36.2. The van der Waals surface area contributed by atoms with E-state index in [2.05, 4.69) is 29.4 Å². The van der Waals surface area contributed by atoms with Crippen LogP contribution in [0.5, 0.6) is 0 Å². The van der Waals surface area contributed by atoms with Gasteiger partial charge in [-0.25, -0.2) is 0 Å². The molecule has 0 radical (unpaired) electrons. The summed E-state index contributed by atoms with van der Waals surface area (Å²) in [4.78, 5) is 9.44. The summed E-state index contributed by atoms with van der Waals surface area (Å²) < 4.78 is 0. The maximum Gasteiger partial charge on any atom is 0.118 e.